The Morgan fingerprint density at radius 3 is 2.68 bits per heavy atom. The maximum Gasteiger partial charge on any atom is 0.341 e. The van der Waals surface area contributed by atoms with E-state index in [0.717, 1.165) is 0 Å². The average molecular weight is 305 g/mol. The molecule has 2 atom stereocenters. The summed E-state index contributed by atoms with van der Waals surface area (Å²) >= 11 is 0. The smallest absolute Gasteiger partial charge is 0.341 e. The molecule has 2 unspecified atom stereocenters. The van der Waals surface area contributed by atoms with Crippen LogP contribution in [-0.4, -0.2) is 21.7 Å². The van der Waals surface area contributed by atoms with Crippen LogP contribution in [0.15, 0.2) is 17.1 Å². The van der Waals surface area contributed by atoms with Crippen LogP contribution in [0.1, 0.15) is 35.2 Å². The molecule has 1 saturated carbocycles. The number of aromatic carboxylic acids is 1. The number of benzene rings is 1. The number of nitrogens with zero attached hydrogens (tertiary/aromatic N) is 1. The van der Waals surface area contributed by atoms with E-state index in [2.05, 4.69) is 0 Å². The summed E-state index contributed by atoms with van der Waals surface area (Å²) in [5.74, 6) is -2.14. The zero-order valence-corrected chi connectivity index (χ0v) is 12.0. The Labute approximate surface area is 125 Å². The van der Waals surface area contributed by atoms with Crippen molar-refractivity contribution in [2.24, 2.45) is 5.73 Å². The molecule has 1 aliphatic rings. The third-order valence-corrected chi connectivity index (χ3v) is 4.18. The van der Waals surface area contributed by atoms with Crippen LogP contribution >= 0.6 is 0 Å². The van der Waals surface area contributed by atoms with Gasteiger partial charge in [-0.05, 0) is 25.0 Å². The molecule has 7 heteroatoms. The van der Waals surface area contributed by atoms with E-state index in [0.29, 0.717) is 24.0 Å². The second kappa shape index (κ2) is 4.81. The molecule has 116 valence electrons. The summed E-state index contributed by atoms with van der Waals surface area (Å²) in [5, 5.41) is 9.04. The minimum atomic E-state index is -1.36. The molecule has 1 aliphatic carbocycles. The molecule has 0 spiro atoms. The topological polar surface area (TPSA) is 111 Å². The molecule has 6 nitrogen and oxygen atoms in total. The molecule has 22 heavy (non-hydrogen) atoms. The molecule has 2 aromatic rings. The fraction of sp³-hybridized carbons (Fsp3) is 0.333. The van der Waals surface area contributed by atoms with Crippen LogP contribution < -0.4 is 16.9 Å². The maximum atomic E-state index is 14.5. The number of carboxylic acid groups (broad SMARTS) is 1. The van der Waals surface area contributed by atoms with E-state index in [4.69, 9.17) is 16.6 Å². The summed E-state index contributed by atoms with van der Waals surface area (Å²) in [6.07, 6.45) is 1.94. The van der Waals surface area contributed by atoms with Gasteiger partial charge in [0.25, 0.3) is 0 Å². The van der Waals surface area contributed by atoms with Gasteiger partial charge in [0.2, 0.25) is 5.43 Å². The van der Waals surface area contributed by atoms with E-state index in [1.807, 2.05) is 0 Å². The highest BCUT2D eigenvalue weighted by atomic mass is 19.1. The normalized spacial score (nSPS) is 20.3. The van der Waals surface area contributed by atoms with Crippen molar-refractivity contribution in [1.29, 1.82) is 0 Å². The second-order valence-electron chi connectivity index (χ2n) is 5.56. The van der Waals surface area contributed by atoms with Gasteiger partial charge in [-0.1, -0.05) is 0 Å². The molecule has 0 aliphatic heterocycles. The summed E-state index contributed by atoms with van der Waals surface area (Å²) in [7, 11) is 0. The molecule has 1 heterocycles. The number of halogens is 1. The SMILES string of the molecule is CCn1cc(C(=O)O)c(=O)c2c(N)c(F)c(C3CC3N)cc21. The third kappa shape index (κ3) is 1.97. The second-order valence-corrected chi connectivity index (χ2v) is 5.56. The molecule has 0 radical (unpaired) electrons. The number of aryl methyl sites for hydroxylation is 1. The molecule has 3 rings (SSSR count). The Morgan fingerprint density at radius 1 is 1.55 bits per heavy atom. The maximum absolute atomic E-state index is 14.5. The predicted molar refractivity (Wildman–Crippen MR) is 80.5 cm³/mol. The first-order valence-corrected chi connectivity index (χ1v) is 7.00. The first kappa shape index (κ1) is 14.5. The summed E-state index contributed by atoms with van der Waals surface area (Å²) in [6, 6.07) is 1.46. The minimum absolute atomic E-state index is 0.0859. The number of hydrogen-bond donors (Lipinski definition) is 3. The minimum Gasteiger partial charge on any atom is -0.477 e. The van der Waals surface area contributed by atoms with Crippen molar-refractivity contribution < 1.29 is 14.3 Å². The summed E-state index contributed by atoms with van der Waals surface area (Å²) in [5.41, 5.74) is 10.9. The van der Waals surface area contributed by atoms with Gasteiger partial charge >= 0.3 is 5.97 Å². The number of fused-ring (bicyclic) bond motifs is 1. The lowest BCUT2D eigenvalue weighted by Crippen LogP contribution is -2.20. The van der Waals surface area contributed by atoms with Crippen molar-refractivity contribution in [2.45, 2.75) is 31.8 Å². The third-order valence-electron chi connectivity index (χ3n) is 4.18. The molecule has 1 aromatic carbocycles. The number of pyridine rings is 1. The highest BCUT2D eigenvalue weighted by Crippen LogP contribution is 2.42. The highest BCUT2D eigenvalue weighted by Gasteiger charge is 2.38. The van der Waals surface area contributed by atoms with Gasteiger partial charge in [-0.2, -0.15) is 0 Å². The van der Waals surface area contributed by atoms with E-state index in [9.17, 15) is 14.0 Å². The van der Waals surface area contributed by atoms with Crippen LogP contribution in [0, 0.1) is 5.82 Å². The van der Waals surface area contributed by atoms with Crippen LogP contribution in [0.4, 0.5) is 10.1 Å². The first-order valence-electron chi connectivity index (χ1n) is 7.00. The van der Waals surface area contributed by atoms with Gasteiger partial charge in [-0.15, -0.1) is 0 Å². The fourth-order valence-electron chi connectivity index (χ4n) is 2.83. The monoisotopic (exact) mass is 305 g/mol. The van der Waals surface area contributed by atoms with Gasteiger partial charge < -0.3 is 21.1 Å². The molecule has 5 N–H and O–H groups in total. The Morgan fingerprint density at radius 2 is 2.18 bits per heavy atom. The van der Waals surface area contributed by atoms with E-state index >= 15 is 0 Å². The van der Waals surface area contributed by atoms with Crippen molar-refractivity contribution in [1.82, 2.24) is 4.57 Å². The fourth-order valence-corrected chi connectivity index (χ4v) is 2.83. The number of rotatable bonds is 3. The zero-order chi connectivity index (χ0) is 16.2. The van der Waals surface area contributed by atoms with E-state index < -0.39 is 22.8 Å². The molecular formula is C15H16FN3O3. The number of carbonyl (C=O) groups is 1. The first-order chi connectivity index (χ1) is 10.4. The van der Waals surface area contributed by atoms with Gasteiger partial charge in [0.15, 0.2) is 5.82 Å². The Bertz CT molecular complexity index is 859. The van der Waals surface area contributed by atoms with Crippen LogP contribution in [0.3, 0.4) is 0 Å². The van der Waals surface area contributed by atoms with Crippen LogP contribution in [-0.2, 0) is 6.54 Å². The largest absolute Gasteiger partial charge is 0.477 e. The number of anilines is 1. The van der Waals surface area contributed by atoms with Gasteiger partial charge in [-0.25, -0.2) is 9.18 Å². The molecule has 1 aromatic heterocycles. The van der Waals surface area contributed by atoms with E-state index in [-0.39, 0.29) is 23.0 Å². The number of aromatic nitrogens is 1. The van der Waals surface area contributed by atoms with Gasteiger partial charge in [0, 0.05) is 24.7 Å². The average Bonchev–Trinajstić information content (AvgIpc) is 3.19. The van der Waals surface area contributed by atoms with Crippen molar-refractivity contribution in [3.8, 4) is 0 Å². The number of hydrogen-bond acceptors (Lipinski definition) is 4. The van der Waals surface area contributed by atoms with Crippen molar-refractivity contribution >= 4 is 22.6 Å². The number of carboxylic acids is 1. The molecular weight excluding hydrogens is 289 g/mol. The number of nitrogens with two attached hydrogens (primary N) is 2. The van der Waals surface area contributed by atoms with Crippen molar-refractivity contribution in [3.05, 3.63) is 39.4 Å². The molecule has 0 saturated heterocycles. The van der Waals surface area contributed by atoms with E-state index in [1.54, 1.807) is 17.6 Å². The molecule has 0 amide bonds. The van der Waals surface area contributed by atoms with Crippen molar-refractivity contribution in [2.75, 3.05) is 5.73 Å². The summed E-state index contributed by atoms with van der Waals surface area (Å²) in [4.78, 5) is 23.5. The summed E-state index contributed by atoms with van der Waals surface area (Å²) < 4.78 is 16.1. The van der Waals surface area contributed by atoms with Crippen LogP contribution in [0.5, 0.6) is 0 Å². The van der Waals surface area contributed by atoms with Crippen LogP contribution in [0.2, 0.25) is 0 Å². The molecule has 0 bridgehead atoms. The summed E-state index contributed by atoms with van der Waals surface area (Å²) in [6.45, 7) is 2.23. The number of nitrogen functional groups attached to an aromatic ring is 1. The lowest BCUT2D eigenvalue weighted by Gasteiger charge is -2.14. The van der Waals surface area contributed by atoms with Crippen LogP contribution in [0.25, 0.3) is 10.9 Å². The lowest BCUT2D eigenvalue weighted by atomic mass is 10.0. The lowest BCUT2D eigenvalue weighted by molar-refractivity contribution is 0.0695. The zero-order valence-electron chi connectivity index (χ0n) is 12.0. The van der Waals surface area contributed by atoms with Gasteiger partial charge in [-0.3, -0.25) is 4.79 Å². The quantitative estimate of drug-likeness (QED) is 0.739. The standard InChI is InChI=1S/C15H16FN3O3/c1-2-19-5-8(15(21)22)14(20)11-10(19)4-7(6-3-9(6)17)12(16)13(11)18/h4-6,9H,2-3,17-18H2,1H3,(H,21,22). The Balaban J connectivity index is 2.42. The predicted octanol–water partition coefficient (Wildman–Crippen LogP) is 1.26. The Hall–Kier alpha value is -2.41. The van der Waals surface area contributed by atoms with Gasteiger partial charge in [0.1, 0.15) is 5.56 Å². The van der Waals surface area contributed by atoms with Crippen molar-refractivity contribution in [3.63, 3.8) is 0 Å². The van der Waals surface area contributed by atoms with Gasteiger partial charge in [0.05, 0.1) is 16.6 Å². The molecule has 1 fully saturated rings. The Kier molecular flexibility index (Phi) is 3.17. The van der Waals surface area contributed by atoms with E-state index in [1.165, 1.54) is 6.20 Å². The highest BCUT2D eigenvalue weighted by molar-refractivity contribution is 5.97.